The summed E-state index contributed by atoms with van der Waals surface area (Å²) in [5.74, 6) is -0.341. The van der Waals surface area contributed by atoms with Gasteiger partial charge in [0.05, 0.1) is 5.69 Å². The standard InChI is InChI=1S/C13H12BrFN4/c1-19(13-10(15)6-8(14)7-18-13)11-5-3-2-4-9(11)12(16)17/h2-7H,1H3,(H3,16,17). The molecule has 6 heteroatoms. The summed E-state index contributed by atoms with van der Waals surface area (Å²) < 4.78 is 14.5. The number of pyridine rings is 1. The third-order valence-electron chi connectivity index (χ3n) is 2.66. The number of halogens is 2. The number of para-hydroxylation sites is 1. The molecular formula is C13H12BrFN4. The number of rotatable bonds is 3. The minimum atomic E-state index is -0.449. The topological polar surface area (TPSA) is 66.0 Å². The van der Waals surface area contributed by atoms with Crippen LogP contribution in [0.15, 0.2) is 41.0 Å². The summed E-state index contributed by atoms with van der Waals surface area (Å²) in [7, 11) is 1.68. The Kier molecular flexibility index (Phi) is 3.80. The largest absolute Gasteiger partial charge is 0.384 e. The van der Waals surface area contributed by atoms with Crippen LogP contribution in [0.2, 0.25) is 0 Å². The Morgan fingerprint density at radius 3 is 2.74 bits per heavy atom. The predicted octanol–water partition coefficient (Wildman–Crippen LogP) is 3.04. The molecule has 0 radical (unpaired) electrons. The molecule has 0 saturated carbocycles. The number of hydrogen-bond donors (Lipinski definition) is 2. The lowest BCUT2D eigenvalue weighted by atomic mass is 10.1. The molecule has 19 heavy (non-hydrogen) atoms. The van der Waals surface area contributed by atoms with Gasteiger partial charge in [-0.25, -0.2) is 9.37 Å². The molecule has 2 aromatic rings. The molecule has 3 N–H and O–H groups in total. The van der Waals surface area contributed by atoms with Crippen molar-refractivity contribution in [2.45, 2.75) is 0 Å². The van der Waals surface area contributed by atoms with Gasteiger partial charge in [-0.15, -0.1) is 0 Å². The zero-order valence-electron chi connectivity index (χ0n) is 10.2. The molecule has 0 aliphatic carbocycles. The smallest absolute Gasteiger partial charge is 0.169 e. The van der Waals surface area contributed by atoms with Crippen molar-refractivity contribution in [1.82, 2.24) is 4.98 Å². The van der Waals surface area contributed by atoms with Crippen molar-refractivity contribution in [1.29, 1.82) is 5.41 Å². The van der Waals surface area contributed by atoms with Gasteiger partial charge >= 0.3 is 0 Å². The summed E-state index contributed by atoms with van der Waals surface area (Å²) in [6, 6.07) is 8.40. The Bertz CT molecular complexity index is 630. The molecule has 0 unspecified atom stereocenters. The normalized spacial score (nSPS) is 10.3. The highest BCUT2D eigenvalue weighted by Gasteiger charge is 2.15. The fourth-order valence-electron chi connectivity index (χ4n) is 1.76. The molecule has 0 aliphatic rings. The second-order valence-corrected chi connectivity index (χ2v) is 4.86. The Hall–Kier alpha value is -1.95. The van der Waals surface area contributed by atoms with Gasteiger partial charge in [-0.2, -0.15) is 0 Å². The zero-order valence-corrected chi connectivity index (χ0v) is 11.8. The zero-order chi connectivity index (χ0) is 14.0. The van der Waals surface area contributed by atoms with Crippen molar-refractivity contribution in [3.8, 4) is 0 Å². The van der Waals surface area contributed by atoms with Crippen LogP contribution in [0.4, 0.5) is 15.9 Å². The molecule has 4 nitrogen and oxygen atoms in total. The number of nitrogens with two attached hydrogens (primary N) is 1. The molecular weight excluding hydrogens is 311 g/mol. The summed E-state index contributed by atoms with van der Waals surface area (Å²) >= 11 is 3.16. The van der Waals surface area contributed by atoms with Gasteiger partial charge in [0.15, 0.2) is 11.6 Å². The quantitative estimate of drug-likeness (QED) is 0.674. The Labute approximate surface area is 118 Å². The maximum atomic E-state index is 13.9. The van der Waals surface area contributed by atoms with Gasteiger partial charge in [-0.1, -0.05) is 12.1 Å². The summed E-state index contributed by atoms with van der Waals surface area (Å²) in [4.78, 5) is 5.62. The highest BCUT2D eigenvalue weighted by atomic mass is 79.9. The number of nitrogens with zero attached hydrogens (tertiary/aromatic N) is 2. The highest BCUT2D eigenvalue weighted by molar-refractivity contribution is 9.10. The van der Waals surface area contributed by atoms with Crippen molar-refractivity contribution in [3.05, 3.63) is 52.4 Å². The second kappa shape index (κ2) is 5.36. The van der Waals surface area contributed by atoms with Gasteiger partial charge in [0, 0.05) is 23.3 Å². The molecule has 0 spiro atoms. The van der Waals surface area contributed by atoms with Gasteiger partial charge < -0.3 is 10.6 Å². The van der Waals surface area contributed by atoms with E-state index in [1.54, 1.807) is 36.2 Å². The molecule has 0 atom stereocenters. The van der Waals surface area contributed by atoms with E-state index in [-0.39, 0.29) is 11.7 Å². The van der Waals surface area contributed by atoms with Crippen LogP contribution in [0.25, 0.3) is 0 Å². The third-order valence-corrected chi connectivity index (χ3v) is 3.10. The number of anilines is 2. The van der Waals surface area contributed by atoms with Crippen molar-refractivity contribution in [3.63, 3.8) is 0 Å². The molecule has 0 saturated heterocycles. The molecule has 1 aromatic carbocycles. The average molecular weight is 323 g/mol. The number of hydrogen-bond acceptors (Lipinski definition) is 3. The van der Waals surface area contributed by atoms with E-state index >= 15 is 0 Å². The van der Waals surface area contributed by atoms with Crippen molar-refractivity contribution in [2.75, 3.05) is 11.9 Å². The van der Waals surface area contributed by atoms with Crippen LogP contribution in [0, 0.1) is 11.2 Å². The van der Waals surface area contributed by atoms with Gasteiger partial charge in [0.25, 0.3) is 0 Å². The SMILES string of the molecule is CN(c1ccccc1C(=N)N)c1ncc(Br)cc1F. The first-order valence-corrected chi connectivity index (χ1v) is 6.28. The molecule has 98 valence electrons. The minimum Gasteiger partial charge on any atom is -0.384 e. The van der Waals surface area contributed by atoms with Crippen LogP contribution in [0.3, 0.4) is 0 Å². The van der Waals surface area contributed by atoms with Crippen LogP contribution in [0.5, 0.6) is 0 Å². The first-order chi connectivity index (χ1) is 9.00. The molecule has 0 amide bonds. The van der Waals surface area contributed by atoms with Gasteiger partial charge in [0.2, 0.25) is 0 Å². The van der Waals surface area contributed by atoms with E-state index in [1.165, 1.54) is 12.3 Å². The van der Waals surface area contributed by atoms with Gasteiger partial charge in [-0.05, 0) is 34.1 Å². The maximum Gasteiger partial charge on any atom is 0.169 e. The van der Waals surface area contributed by atoms with E-state index in [4.69, 9.17) is 11.1 Å². The van der Waals surface area contributed by atoms with E-state index in [1.807, 2.05) is 0 Å². The first kappa shape index (κ1) is 13.5. The molecule has 2 rings (SSSR count). The van der Waals surface area contributed by atoms with E-state index in [0.29, 0.717) is 15.7 Å². The monoisotopic (exact) mass is 322 g/mol. The van der Waals surface area contributed by atoms with E-state index in [2.05, 4.69) is 20.9 Å². The summed E-state index contributed by atoms with van der Waals surface area (Å²) in [5.41, 5.74) is 6.69. The minimum absolute atomic E-state index is 0.0695. The number of benzene rings is 1. The predicted molar refractivity (Wildman–Crippen MR) is 77.4 cm³/mol. The van der Waals surface area contributed by atoms with Crippen LogP contribution in [0.1, 0.15) is 5.56 Å². The molecule has 0 bridgehead atoms. The van der Waals surface area contributed by atoms with Crippen molar-refractivity contribution < 1.29 is 4.39 Å². The lowest BCUT2D eigenvalue weighted by Crippen LogP contribution is -2.19. The second-order valence-electron chi connectivity index (χ2n) is 3.95. The van der Waals surface area contributed by atoms with Crippen LogP contribution >= 0.6 is 15.9 Å². The lowest BCUT2D eigenvalue weighted by Gasteiger charge is -2.21. The number of amidine groups is 1. The van der Waals surface area contributed by atoms with E-state index < -0.39 is 5.82 Å². The molecule has 0 aliphatic heterocycles. The number of nitrogen functional groups attached to an aromatic ring is 1. The van der Waals surface area contributed by atoms with Gasteiger partial charge in [-0.3, -0.25) is 5.41 Å². The van der Waals surface area contributed by atoms with Crippen molar-refractivity contribution >= 4 is 33.3 Å². The molecule has 0 fully saturated rings. The summed E-state index contributed by atoms with van der Waals surface area (Å²) in [6.45, 7) is 0. The summed E-state index contributed by atoms with van der Waals surface area (Å²) in [5, 5.41) is 7.55. The van der Waals surface area contributed by atoms with E-state index in [9.17, 15) is 4.39 Å². The highest BCUT2D eigenvalue weighted by Crippen LogP contribution is 2.28. The Balaban J connectivity index is 2.50. The van der Waals surface area contributed by atoms with Crippen LogP contribution in [-0.2, 0) is 0 Å². The Morgan fingerprint density at radius 1 is 1.42 bits per heavy atom. The maximum absolute atomic E-state index is 13.9. The van der Waals surface area contributed by atoms with Crippen LogP contribution in [-0.4, -0.2) is 17.9 Å². The number of aromatic nitrogens is 1. The lowest BCUT2D eigenvalue weighted by molar-refractivity contribution is 0.620. The average Bonchev–Trinajstić information content (AvgIpc) is 2.38. The van der Waals surface area contributed by atoms with Crippen LogP contribution < -0.4 is 10.6 Å². The fraction of sp³-hybridized carbons (Fsp3) is 0.0769. The molecule has 1 heterocycles. The fourth-order valence-corrected chi connectivity index (χ4v) is 2.07. The Morgan fingerprint density at radius 2 is 2.11 bits per heavy atom. The third kappa shape index (κ3) is 2.73. The van der Waals surface area contributed by atoms with E-state index in [0.717, 1.165) is 0 Å². The van der Waals surface area contributed by atoms with Crippen molar-refractivity contribution in [2.24, 2.45) is 5.73 Å². The molecule has 1 aromatic heterocycles. The summed E-state index contributed by atoms with van der Waals surface area (Å²) in [6.07, 6.45) is 1.52. The number of nitrogens with one attached hydrogen (secondary N) is 1. The van der Waals surface area contributed by atoms with Gasteiger partial charge in [0.1, 0.15) is 5.84 Å². The first-order valence-electron chi connectivity index (χ1n) is 5.49.